The third-order valence-electron chi connectivity index (χ3n) is 2.96. The summed E-state index contributed by atoms with van der Waals surface area (Å²) in [5, 5.41) is 20.6. The number of carboxylic acids is 1. The molecule has 1 aliphatic rings. The molecule has 1 aliphatic heterocycles. The van der Waals surface area contributed by atoms with Crippen molar-refractivity contribution in [2.45, 2.75) is 12.1 Å². The molecule has 2 atom stereocenters. The molecule has 1 aromatic carbocycles. The SMILES string of the molecule is N#Cc1cccc(C2CS(=O)(=O)CC(C(=O)O)N2)c1. The summed E-state index contributed by atoms with van der Waals surface area (Å²) in [4.78, 5) is 11.0. The van der Waals surface area contributed by atoms with E-state index >= 15 is 0 Å². The highest BCUT2D eigenvalue weighted by atomic mass is 32.2. The van der Waals surface area contributed by atoms with Crippen LogP contribution in [0.15, 0.2) is 24.3 Å². The number of benzene rings is 1. The molecule has 0 amide bonds. The highest BCUT2D eigenvalue weighted by molar-refractivity contribution is 7.91. The van der Waals surface area contributed by atoms with E-state index in [1.54, 1.807) is 24.3 Å². The number of carbonyl (C=O) groups is 1. The number of nitrogens with zero attached hydrogens (tertiary/aromatic N) is 1. The van der Waals surface area contributed by atoms with Gasteiger partial charge in [-0.3, -0.25) is 10.1 Å². The van der Waals surface area contributed by atoms with Gasteiger partial charge >= 0.3 is 5.97 Å². The number of hydrogen-bond donors (Lipinski definition) is 2. The van der Waals surface area contributed by atoms with Gasteiger partial charge in [0.15, 0.2) is 9.84 Å². The first-order chi connectivity index (χ1) is 8.91. The zero-order chi connectivity index (χ0) is 14.0. The van der Waals surface area contributed by atoms with Crippen LogP contribution in [-0.2, 0) is 14.6 Å². The van der Waals surface area contributed by atoms with E-state index in [2.05, 4.69) is 5.32 Å². The smallest absolute Gasteiger partial charge is 0.321 e. The van der Waals surface area contributed by atoms with E-state index in [1.807, 2.05) is 6.07 Å². The van der Waals surface area contributed by atoms with Gasteiger partial charge in [-0.15, -0.1) is 0 Å². The fourth-order valence-corrected chi connectivity index (χ4v) is 3.75. The second-order valence-corrected chi connectivity index (χ2v) is 6.58. The Bertz CT molecular complexity index is 648. The van der Waals surface area contributed by atoms with Gasteiger partial charge in [0.2, 0.25) is 0 Å². The predicted octanol–water partition coefficient (Wildman–Crippen LogP) is 0.0706. The van der Waals surface area contributed by atoms with Crippen LogP contribution in [0.25, 0.3) is 0 Å². The summed E-state index contributed by atoms with van der Waals surface area (Å²) in [6, 6.07) is 6.75. The van der Waals surface area contributed by atoms with Crippen molar-refractivity contribution in [2.24, 2.45) is 0 Å². The van der Waals surface area contributed by atoms with Crippen molar-refractivity contribution in [1.82, 2.24) is 5.32 Å². The van der Waals surface area contributed by atoms with Gasteiger partial charge in [0.1, 0.15) is 6.04 Å². The minimum Gasteiger partial charge on any atom is -0.480 e. The van der Waals surface area contributed by atoms with E-state index in [0.29, 0.717) is 11.1 Å². The van der Waals surface area contributed by atoms with E-state index in [9.17, 15) is 13.2 Å². The summed E-state index contributed by atoms with van der Waals surface area (Å²) in [5.41, 5.74) is 1.02. The van der Waals surface area contributed by atoms with Crippen LogP contribution in [0.1, 0.15) is 17.2 Å². The van der Waals surface area contributed by atoms with Crippen LogP contribution >= 0.6 is 0 Å². The second kappa shape index (κ2) is 4.99. The Labute approximate surface area is 110 Å². The van der Waals surface area contributed by atoms with Crippen molar-refractivity contribution < 1.29 is 18.3 Å². The van der Waals surface area contributed by atoms with Gasteiger partial charge < -0.3 is 5.11 Å². The topological polar surface area (TPSA) is 107 Å². The van der Waals surface area contributed by atoms with Gasteiger partial charge in [-0.05, 0) is 17.7 Å². The van der Waals surface area contributed by atoms with Crippen LogP contribution in [0.3, 0.4) is 0 Å². The van der Waals surface area contributed by atoms with Crippen LogP contribution in [-0.4, -0.2) is 37.0 Å². The third-order valence-corrected chi connectivity index (χ3v) is 4.64. The van der Waals surface area contributed by atoms with Crippen LogP contribution in [0.2, 0.25) is 0 Å². The lowest BCUT2D eigenvalue weighted by Crippen LogP contribution is -2.51. The van der Waals surface area contributed by atoms with Gasteiger partial charge in [-0.2, -0.15) is 5.26 Å². The van der Waals surface area contributed by atoms with Crippen molar-refractivity contribution in [1.29, 1.82) is 5.26 Å². The predicted molar refractivity (Wildman–Crippen MR) is 67.1 cm³/mol. The van der Waals surface area contributed by atoms with Gasteiger partial charge in [0.25, 0.3) is 0 Å². The Kier molecular flexibility index (Phi) is 3.55. The van der Waals surface area contributed by atoms with Gasteiger partial charge in [-0.25, -0.2) is 8.42 Å². The molecule has 19 heavy (non-hydrogen) atoms. The van der Waals surface area contributed by atoms with Gasteiger partial charge in [0, 0.05) is 6.04 Å². The van der Waals surface area contributed by atoms with Crippen molar-refractivity contribution in [2.75, 3.05) is 11.5 Å². The molecule has 0 aromatic heterocycles. The normalized spacial score (nSPS) is 25.4. The Balaban J connectivity index is 2.33. The highest BCUT2D eigenvalue weighted by Crippen LogP contribution is 2.22. The summed E-state index contributed by atoms with van der Waals surface area (Å²) < 4.78 is 23.5. The summed E-state index contributed by atoms with van der Waals surface area (Å²) in [7, 11) is -3.42. The maximum atomic E-state index is 11.7. The molecule has 1 saturated heterocycles. The fourth-order valence-electron chi connectivity index (χ4n) is 2.07. The summed E-state index contributed by atoms with van der Waals surface area (Å²) in [6.07, 6.45) is 0. The van der Waals surface area contributed by atoms with Crippen LogP contribution in [0, 0.1) is 11.3 Å². The number of hydrogen-bond acceptors (Lipinski definition) is 5. The molecule has 1 fully saturated rings. The van der Waals surface area contributed by atoms with Gasteiger partial charge in [-0.1, -0.05) is 12.1 Å². The molecule has 1 aromatic rings. The molecule has 0 radical (unpaired) electrons. The van der Waals surface area contributed by atoms with Crippen molar-refractivity contribution in [3.8, 4) is 6.07 Å². The fraction of sp³-hybridized carbons (Fsp3) is 0.333. The molecule has 100 valence electrons. The number of aliphatic carboxylic acids is 1. The summed E-state index contributed by atoms with van der Waals surface area (Å²) in [5.74, 6) is -1.76. The first-order valence-corrected chi connectivity index (χ1v) is 7.43. The molecule has 0 spiro atoms. The average molecular weight is 280 g/mol. The number of rotatable bonds is 2. The van der Waals surface area contributed by atoms with E-state index in [4.69, 9.17) is 10.4 Å². The first-order valence-electron chi connectivity index (χ1n) is 5.60. The lowest BCUT2D eigenvalue weighted by molar-refractivity contribution is -0.139. The molecular formula is C12H12N2O4S. The van der Waals surface area contributed by atoms with Crippen LogP contribution in [0.5, 0.6) is 0 Å². The molecule has 1 heterocycles. The van der Waals surface area contributed by atoms with Gasteiger partial charge in [0.05, 0.1) is 23.1 Å². The van der Waals surface area contributed by atoms with E-state index in [0.717, 1.165) is 0 Å². The molecule has 6 nitrogen and oxygen atoms in total. The molecule has 2 unspecified atom stereocenters. The largest absolute Gasteiger partial charge is 0.480 e. The van der Waals surface area contributed by atoms with E-state index < -0.39 is 33.6 Å². The molecule has 0 saturated carbocycles. The van der Waals surface area contributed by atoms with Crippen LogP contribution < -0.4 is 5.32 Å². The van der Waals surface area contributed by atoms with Crippen molar-refractivity contribution >= 4 is 15.8 Å². The lowest BCUT2D eigenvalue weighted by Gasteiger charge is -2.28. The minimum absolute atomic E-state index is 0.161. The Hall–Kier alpha value is -1.91. The van der Waals surface area contributed by atoms with E-state index in [1.165, 1.54) is 0 Å². The quantitative estimate of drug-likeness (QED) is 0.794. The lowest BCUT2D eigenvalue weighted by atomic mass is 10.0. The Morgan fingerprint density at radius 3 is 2.79 bits per heavy atom. The minimum atomic E-state index is -3.42. The molecular weight excluding hydrogens is 268 g/mol. The number of carboxylic acid groups (broad SMARTS) is 1. The second-order valence-electron chi connectivity index (χ2n) is 4.42. The molecule has 2 rings (SSSR count). The average Bonchev–Trinajstić information content (AvgIpc) is 2.37. The summed E-state index contributed by atoms with van der Waals surface area (Å²) in [6.45, 7) is 0. The maximum absolute atomic E-state index is 11.7. The maximum Gasteiger partial charge on any atom is 0.321 e. The van der Waals surface area contributed by atoms with Crippen molar-refractivity contribution in [3.63, 3.8) is 0 Å². The van der Waals surface area contributed by atoms with E-state index in [-0.39, 0.29) is 5.75 Å². The number of sulfone groups is 1. The third kappa shape index (κ3) is 3.10. The first kappa shape index (κ1) is 13.5. The zero-order valence-electron chi connectivity index (χ0n) is 9.91. The Morgan fingerprint density at radius 2 is 2.16 bits per heavy atom. The summed E-state index contributed by atoms with van der Waals surface area (Å²) >= 11 is 0. The molecule has 0 aliphatic carbocycles. The van der Waals surface area contributed by atoms with Crippen molar-refractivity contribution in [3.05, 3.63) is 35.4 Å². The zero-order valence-corrected chi connectivity index (χ0v) is 10.7. The molecule has 2 N–H and O–H groups in total. The standard InChI is InChI=1S/C12H12N2O4S/c13-5-8-2-1-3-9(4-8)10-6-19(17,18)7-11(14-10)12(15)16/h1-4,10-11,14H,6-7H2,(H,15,16). The number of nitrogens with one attached hydrogen (secondary N) is 1. The molecule has 0 bridgehead atoms. The van der Waals surface area contributed by atoms with Crippen LogP contribution in [0.4, 0.5) is 0 Å². The monoisotopic (exact) mass is 280 g/mol. The Morgan fingerprint density at radius 1 is 1.42 bits per heavy atom. The number of nitriles is 1. The molecule has 7 heteroatoms. The highest BCUT2D eigenvalue weighted by Gasteiger charge is 2.35.